The van der Waals surface area contributed by atoms with Crippen LogP contribution in [0.2, 0.25) is 0 Å². The van der Waals surface area contributed by atoms with Crippen LogP contribution in [0.5, 0.6) is 0 Å². The monoisotopic (exact) mass is 194 g/mol. The third kappa shape index (κ3) is 3.10. The average molecular weight is 194 g/mol. The minimum Gasteiger partial charge on any atom is -0.193 e. The van der Waals surface area contributed by atoms with E-state index in [4.69, 9.17) is 9.44 Å². The number of nitrogens with zero attached hydrogens (tertiary/aromatic N) is 1. The van der Waals surface area contributed by atoms with Crippen LogP contribution in [0.3, 0.4) is 0 Å². The Morgan fingerprint density at radius 3 is 2.77 bits per heavy atom. The Labute approximate surface area is 81.8 Å². The Morgan fingerprint density at radius 2 is 2.15 bits per heavy atom. The van der Waals surface area contributed by atoms with Gasteiger partial charge in [0, 0.05) is 0 Å². The first-order valence-corrected chi connectivity index (χ1v) is 5.90. The van der Waals surface area contributed by atoms with Crippen LogP contribution in [-0.2, 0) is 15.4 Å². The lowest BCUT2D eigenvalue weighted by Gasteiger charge is -2.06. The van der Waals surface area contributed by atoms with Crippen molar-refractivity contribution in [3.05, 3.63) is 36.0 Å². The summed E-state index contributed by atoms with van der Waals surface area (Å²) in [7, 11) is 0. The quantitative estimate of drug-likeness (QED) is 0.627. The summed E-state index contributed by atoms with van der Waals surface area (Å²) >= 11 is -0.114. The Bertz CT molecular complexity index is 297. The second kappa shape index (κ2) is 4.90. The van der Waals surface area contributed by atoms with Gasteiger partial charge in [-0.3, -0.25) is 0 Å². The Hall–Kier alpha value is -0.980. The van der Waals surface area contributed by atoms with E-state index < -0.39 is 0 Å². The van der Waals surface area contributed by atoms with E-state index in [9.17, 15) is 0 Å². The maximum atomic E-state index is 8.84. The molecule has 0 fully saturated rings. The van der Waals surface area contributed by atoms with Crippen molar-refractivity contribution in [3.8, 4) is 6.07 Å². The lowest BCUT2D eigenvalue weighted by atomic mass is 10.1. The summed E-state index contributed by atoms with van der Waals surface area (Å²) in [6.45, 7) is 0. The van der Waals surface area contributed by atoms with Gasteiger partial charge < -0.3 is 0 Å². The molecule has 1 atom stereocenters. The van der Waals surface area contributed by atoms with Crippen molar-refractivity contribution in [2.24, 2.45) is 0 Å². The van der Waals surface area contributed by atoms with Crippen LogP contribution < -0.4 is 0 Å². The van der Waals surface area contributed by atoms with Crippen molar-refractivity contribution in [1.82, 2.24) is 0 Å². The topological polar surface area (TPSA) is 33.0 Å². The molecule has 1 rings (SSSR count). The molecular weight excluding hydrogens is 182 g/mol. The van der Waals surface area contributed by atoms with Crippen LogP contribution in [0.4, 0.5) is 0 Å². The van der Waals surface area contributed by atoms with E-state index in [1.807, 2.05) is 36.8 Å². The first kappa shape index (κ1) is 10.1. The van der Waals surface area contributed by atoms with Crippen LogP contribution >= 0.6 is 0 Å². The summed E-state index contributed by atoms with van der Waals surface area (Å²) in [4.78, 5) is 0. The molecule has 1 unspecified atom stereocenters. The number of hydrogen-bond acceptors (Lipinski definition) is 2. The fourth-order valence-electron chi connectivity index (χ4n) is 0.979. The van der Waals surface area contributed by atoms with Gasteiger partial charge in [0.1, 0.15) is 23.7 Å². The fourth-order valence-corrected chi connectivity index (χ4v) is 1.56. The van der Waals surface area contributed by atoms with E-state index in [0.29, 0.717) is 5.57 Å². The minimum absolute atomic E-state index is 0.114. The zero-order valence-electron chi connectivity index (χ0n) is 7.73. The summed E-state index contributed by atoms with van der Waals surface area (Å²) in [5, 5.41) is 8.84. The second-order valence-corrected chi connectivity index (χ2v) is 4.44. The summed E-state index contributed by atoms with van der Waals surface area (Å²) in [5.74, 6) is 0. The second-order valence-electron chi connectivity index (χ2n) is 2.76. The van der Waals surface area contributed by atoms with Gasteiger partial charge in [-0.15, -0.1) is 0 Å². The van der Waals surface area contributed by atoms with Crippen molar-refractivity contribution in [1.29, 1.82) is 5.26 Å². The van der Waals surface area contributed by atoms with E-state index in [-0.39, 0.29) is 17.3 Å². The van der Waals surface area contributed by atoms with Gasteiger partial charge in [0.15, 0.2) is 6.10 Å². The molecule has 0 N–H and O–H groups in total. The van der Waals surface area contributed by atoms with Crippen molar-refractivity contribution in [3.63, 3.8) is 0 Å². The molecular formula is C10H12NOS+. The summed E-state index contributed by atoms with van der Waals surface area (Å²) < 4.78 is 5.58. The molecule has 0 aliphatic heterocycles. The van der Waals surface area contributed by atoms with Crippen LogP contribution in [0.15, 0.2) is 36.0 Å². The highest BCUT2D eigenvalue weighted by Crippen LogP contribution is 2.13. The summed E-state index contributed by atoms with van der Waals surface area (Å²) in [6, 6.07) is 2.14. The lowest BCUT2D eigenvalue weighted by molar-refractivity contribution is 0.335. The molecule has 0 heterocycles. The molecule has 13 heavy (non-hydrogen) atoms. The third-order valence-corrected chi connectivity index (χ3v) is 2.11. The maximum Gasteiger partial charge on any atom is 0.167 e. The average Bonchev–Trinajstić information content (AvgIpc) is 2.28. The predicted molar refractivity (Wildman–Crippen MR) is 56.1 cm³/mol. The SMILES string of the molecule is C[S+](C)OC1C=CC=CC=C1C#N. The van der Waals surface area contributed by atoms with Crippen molar-refractivity contribution in [2.45, 2.75) is 6.10 Å². The smallest absolute Gasteiger partial charge is 0.167 e. The predicted octanol–water partition coefficient (Wildman–Crippen LogP) is 1.74. The molecule has 0 aromatic carbocycles. The number of hydrogen-bond donors (Lipinski definition) is 0. The Kier molecular flexibility index (Phi) is 3.81. The molecule has 0 bridgehead atoms. The van der Waals surface area contributed by atoms with Gasteiger partial charge in [-0.2, -0.15) is 9.44 Å². The normalized spacial score (nSPS) is 21.1. The molecule has 0 aromatic heterocycles. The van der Waals surface area contributed by atoms with Gasteiger partial charge in [-0.25, -0.2) is 0 Å². The molecule has 0 spiro atoms. The van der Waals surface area contributed by atoms with E-state index in [0.717, 1.165) is 0 Å². The standard InChI is InChI=1S/C10H12NOS/c1-13(2)12-10-7-5-3-4-6-9(10)8-11/h3-7,10H,1-2H3/q+1. The maximum absolute atomic E-state index is 8.84. The van der Waals surface area contributed by atoms with Crippen LogP contribution in [-0.4, -0.2) is 18.6 Å². The van der Waals surface area contributed by atoms with E-state index in [1.54, 1.807) is 6.08 Å². The number of allylic oxidation sites excluding steroid dienone is 4. The third-order valence-electron chi connectivity index (χ3n) is 1.52. The van der Waals surface area contributed by atoms with E-state index in [1.165, 1.54) is 0 Å². The van der Waals surface area contributed by atoms with Crippen molar-refractivity contribution < 1.29 is 4.18 Å². The van der Waals surface area contributed by atoms with Crippen LogP contribution in [0, 0.1) is 11.3 Å². The van der Waals surface area contributed by atoms with Gasteiger partial charge in [-0.1, -0.05) is 18.2 Å². The van der Waals surface area contributed by atoms with Gasteiger partial charge in [0.25, 0.3) is 0 Å². The molecule has 68 valence electrons. The first-order chi connectivity index (χ1) is 6.24. The molecule has 0 saturated heterocycles. The fraction of sp³-hybridized carbons (Fsp3) is 0.300. The highest BCUT2D eigenvalue weighted by atomic mass is 32.2. The number of rotatable bonds is 2. The minimum atomic E-state index is -0.182. The number of nitriles is 1. The first-order valence-electron chi connectivity index (χ1n) is 3.94. The van der Waals surface area contributed by atoms with Crippen LogP contribution in [0.25, 0.3) is 0 Å². The molecule has 2 nitrogen and oxygen atoms in total. The van der Waals surface area contributed by atoms with Gasteiger partial charge >= 0.3 is 0 Å². The molecule has 1 aliphatic rings. The Balaban J connectivity index is 2.77. The van der Waals surface area contributed by atoms with Crippen molar-refractivity contribution >= 4 is 11.2 Å². The zero-order chi connectivity index (χ0) is 9.68. The van der Waals surface area contributed by atoms with E-state index >= 15 is 0 Å². The van der Waals surface area contributed by atoms with Crippen molar-refractivity contribution in [2.75, 3.05) is 12.5 Å². The van der Waals surface area contributed by atoms with Crippen LogP contribution in [0.1, 0.15) is 0 Å². The zero-order valence-corrected chi connectivity index (χ0v) is 8.54. The van der Waals surface area contributed by atoms with Gasteiger partial charge in [0.2, 0.25) is 0 Å². The van der Waals surface area contributed by atoms with Gasteiger partial charge in [0.05, 0.1) is 11.6 Å². The molecule has 1 aliphatic carbocycles. The summed E-state index contributed by atoms with van der Waals surface area (Å²) in [5.41, 5.74) is 0.659. The highest BCUT2D eigenvalue weighted by molar-refractivity contribution is 7.90. The summed E-state index contributed by atoms with van der Waals surface area (Å²) in [6.07, 6.45) is 13.1. The molecule has 0 amide bonds. The molecule has 0 radical (unpaired) electrons. The lowest BCUT2D eigenvalue weighted by Crippen LogP contribution is -2.16. The molecule has 0 aromatic rings. The molecule has 3 heteroatoms. The van der Waals surface area contributed by atoms with Gasteiger partial charge in [-0.05, 0) is 12.2 Å². The van der Waals surface area contributed by atoms with E-state index in [2.05, 4.69) is 6.07 Å². The largest absolute Gasteiger partial charge is 0.193 e. The Morgan fingerprint density at radius 1 is 1.38 bits per heavy atom. The molecule has 0 saturated carbocycles. The highest BCUT2D eigenvalue weighted by Gasteiger charge is 2.19.